The summed E-state index contributed by atoms with van der Waals surface area (Å²) in [6, 6.07) is 22.6. The average molecular weight is 436 g/mol. The van der Waals surface area contributed by atoms with Gasteiger partial charge in [-0.25, -0.2) is 5.43 Å². The lowest BCUT2D eigenvalue weighted by molar-refractivity contribution is -0.136. The number of benzene rings is 4. The summed E-state index contributed by atoms with van der Waals surface area (Å²) in [7, 11) is 0. The molecule has 0 aliphatic heterocycles. The monoisotopic (exact) mass is 435 g/mol. The zero-order valence-corrected chi connectivity index (χ0v) is 17.0. The molecule has 4 rings (SSSR count). The molecule has 0 spiro atoms. The summed E-state index contributed by atoms with van der Waals surface area (Å²) < 4.78 is 0. The van der Waals surface area contributed by atoms with E-state index in [0.717, 1.165) is 27.1 Å². The molecular weight excluding hydrogens is 421 g/mol. The van der Waals surface area contributed by atoms with Gasteiger partial charge < -0.3 is 5.32 Å². The van der Waals surface area contributed by atoms with Gasteiger partial charge in [-0.15, -0.1) is 0 Å². The Morgan fingerprint density at radius 1 is 0.800 bits per heavy atom. The third-order valence-electron chi connectivity index (χ3n) is 4.58. The number of rotatable bonds is 3. The Bertz CT molecular complexity index is 1260. The number of carbonyl (C=O) groups excluding carboxylic acids is 2. The largest absolute Gasteiger partial charge is 0.329 e. The maximum Gasteiger partial charge on any atom is 0.329 e. The average Bonchev–Trinajstić information content (AvgIpc) is 2.76. The predicted octanol–water partition coefficient (Wildman–Crippen LogP) is 5.39. The van der Waals surface area contributed by atoms with Crippen LogP contribution in [0, 0.1) is 0 Å². The third-order valence-corrected chi connectivity index (χ3v) is 5.40. The molecule has 0 saturated carbocycles. The minimum atomic E-state index is -0.924. The second-order valence-corrected chi connectivity index (χ2v) is 7.27. The molecule has 0 aliphatic carbocycles. The fourth-order valence-electron chi connectivity index (χ4n) is 3.17. The Morgan fingerprint density at radius 2 is 1.43 bits per heavy atom. The molecule has 0 aliphatic rings. The van der Waals surface area contributed by atoms with E-state index in [1.54, 1.807) is 24.4 Å². The summed E-state index contributed by atoms with van der Waals surface area (Å²) >= 11 is 11.9. The number of hydrazone groups is 1. The van der Waals surface area contributed by atoms with Gasteiger partial charge in [-0.2, -0.15) is 5.10 Å². The van der Waals surface area contributed by atoms with Crippen molar-refractivity contribution < 1.29 is 9.59 Å². The van der Waals surface area contributed by atoms with Gasteiger partial charge >= 0.3 is 11.8 Å². The van der Waals surface area contributed by atoms with Gasteiger partial charge in [0.1, 0.15) is 0 Å². The quantitative estimate of drug-likeness (QED) is 0.196. The van der Waals surface area contributed by atoms with Gasteiger partial charge in [0.2, 0.25) is 0 Å². The van der Waals surface area contributed by atoms with Crippen molar-refractivity contribution in [1.29, 1.82) is 0 Å². The molecule has 0 unspecified atom stereocenters. The fourth-order valence-corrected chi connectivity index (χ4v) is 3.52. The molecule has 2 N–H and O–H groups in total. The minimum absolute atomic E-state index is 0.158. The molecule has 2 amide bonds. The molecule has 0 atom stereocenters. The van der Waals surface area contributed by atoms with E-state index in [-0.39, 0.29) is 15.7 Å². The molecule has 0 heterocycles. The number of anilines is 1. The van der Waals surface area contributed by atoms with Gasteiger partial charge in [0, 0.05) is 5.56 Å². The fraction of sp³-hybridized carbons (Fsp3) is 0. The van der Waals surface area contributed by atoms with Crippen LogP contribution < -0.4 is 10.7 Å². The third kappa shape index (κ3) is 3.99. The van der Waals surface area contributed by atoms with Crippen LogP contribution in [0.3, 0.4) is 0 Å². The number of hydrogen-bond donors (Lipinski definition) is 2. The highest BCUT2D eigenvalue weighted by Crippen LogP contribution is 2.29. The van der Waals surface area contributed by atoms with Crippen LogP contribution in [-0.2, 0) is 9.59 Å². The lowest BCUT2D eigenvalue weighted by atomic mass is 9.97. The molecule has 148 valence electrons. The van der Waals surface area contributed by atoms with E-state index in [1.165, 1.54) is 0 Å². The molecule has 0 radical (unpaired) electrons. The van der Waals surface area contributed by atoms with Gasteiger partial charge in [-0.1, -0.05) is 77.8 Å². The van der Waals surface area contributed by atoms with E-state index in [2.05, 4.69) is 21.9 Å². The number of carbonyl (C=O) groups is 2. The first-order valence-electron chi connectivity index (χ1n) is 9.03. The second kappa shape index (κ2) is 8.53. The molecule has 0 saturated heterocycles. The first-order valence-corrected chi connectivity index (χ1v) is 9.79. The summed E-state index contributed by atoms with van der Waals surface area (Å²) in [4.78, 5) is 24.3. The molecular formula is C23H15Cl2N3O2. The minimum Gasteiger partial charge on any atom is -0.316 e. The van der Waals surface area contributed by atoms with Crippen molar-refractivity contribution in [1.82, 2.24) is 5.43 Å². The number of nitrogens with one attached hydrogen (secondary N) is 2. The number of halogens is 2. The maximum atomic E-state index is 12.1. The van der Waals surface area contributed by atoms with Crippen molar-refractivity contribution in [2.45, 2.75) is 0 Å². The van der Waals surface area contributed by atoms with Crippen molar-refractivity contribution in [2.24, 2.45) is 5.10 Å². The zero-order chi connectivity index (χ0) is 21.1. The topological polar surface area (TPSA) is 70.6 Å². The van der Waals surface area contributed by atoms with Crippen LogP contribution in [0.15, 0.2) is 77.9 Å². The summed E-state index contributed by atoms with van der Waals surface area (Å²) in [5.41, 5.74) is 3.35. The van der Waals surface area contributed by atoms with Crippen LogP contribution in [0.1, 0.15) is 5.56 Å². The van der Waals surface area contributed by atoms with Gasteiger partial charge in [0.15, 0.2) is 0 Å². The standard InChI is InChI=1S/C23H15Cl2N3O2/c24-19-10-5-11-20(21(19)25)27-22(29)23(30)28-26-13-18-16-8-3-1-6-14(16)12-15-7-2-4-9-17(15)18/h1-13H,(H,27,29)(H,28,30)/b26-13+. The van der Waals surface area contributed by atoms with Crippen molar-refractivity contribution >= 4 is 68.5 Å². The molecule has 30 heavy (non-hydrogen) atoms. The van der Waals surface area contributed by atoms with Crippen LogP contribution in [0.25, 0.3) is 21.5 Å². The summed E-state index contributed by atoms with van der Waals surface area (Å²) in [6.07, 6.45) is 1.54. The molecule has 0 bridgehead atoms. The Labute approximate surface area is 182 Å². The van der Waals surface area contributed by atoms with Crippen molar-refractivity contribution in [2.75, 3.05) is 5.32 Å². The molecule has 0 aromatic heterocycles. The highest BCUT2D eigenvalue weighted by Gasteiger charge is 2.15. The predicted molar refractivity (Wildman–Crippen MR) is 122 cm³/mol. The van der Waals surface area contributed by atoms with E-state index >= 15 is 0 Å². The summed E-state index contributed by atoms with van der Waals surface area (Å²) in [5.74, 6) is -1.83. The van der Waals surface area contributed by atoms with Gasteiger partial charge in [-0.05, 0) is 39.7 Å². The van der Waals surface area contributed by atoms with E-state index < -0.39 is 11.8 Å². The van der Waals surface area contributed by atoms with Crippen molar-refractivity contribution in [3.05, 3.63) is 88.4 Å². The molecule has 0 fully saturated rings. The molecule has 5 nitrogen and oxygen atoms in total. The Kier molecular flexibility index (Phi) is 5.65. The number of hydrogen-bond acceptors (Lipinski definition) is 3. The van der Waals surface area contributed by atoms with Crippen LogP contribution in [0.4, 0.5) is 5.69 Å². The molecule has 4 aromatic rings. The van der Waals surface area contributed by atoms with E-state index in [9.17, 15) is 9.59 Å². The Morgan fingerprint density at radius 3 is 2.10 bits per heavy atom. The van der Waals surface area contributed by atoms with Gasteiger partial charge in [0.25, 0.3) is 0 Å². The number of fused-ring (bicyclic) bond motifs is 2. The lowest BCUT2D eigenvalue weighted by Gasteiger charge is -2.08. The van der Waals surface area contributed by atoms with Crippen LogP contribution in [0.2, 0.25) is 10.0 Å². The molecule has 4 aromatic carbocycles. The summed E-state index contributed by atoms with van der Waals surface area (Å²) in [5, 5.41) is 10.9. The van der Waals surface area contributed by atoms with Crippen LogP contribution in [0.5, 0.6) is 0 Å². The summed E-state index contributed by atoms with van der Waals surface area (Å²) in [6.45, 7) is 0. The maximum absolute atomic E-state index is 12.1. The number of nitrogens with zero attached hydrogens (tertiary/aromatic N) is 1. The first-order chi connectivity index (χ1) is 14.5. The van der Waals surface area contributed by atoms with Gasteiger partial charge in [0.05, 0.1) is 21.9 Å². The highest BCUT2D eigenvalue weighted by molar-refractivity contribution is 6.45. The van der Waals surface area contributed by atoms with Crippen molar-refractivity contribution in [3.8, 4) is 0 Å². The first kappa shape index (κ1) is 19.9. The Hall–Kier alpha value is -3.41. The zero-order valence-electron chi connectivity index (χ0n) is 15.5. The SMILES string of the molecule is O=C(N/N=C/c1c2ccccc2cc2ccccc12)C(=O)Nc1cccc(Cl)c1Cl. The van der Waals surface area contributed by atoms with Crippen LogP contribution >= 0.6 is 23.2 Å². The van der Waals surface area contributed by atoms with Gasteiger partial charge in [-0.3, -0.25) is 9.59 Å². The normalized spacial score (nSPS) is 11.1. The molecule has 7 heteroatoms. The van der Waals surface area contributed by atoms with Crippen LogP contribution in [-0.4, -0.2) is 18.0 Å². The van der Waals surface area contributed by atoms with E-state index in [0.29, 0.717) is 0 Å². The van der Waals surface area contributed by atoms with Crippen molar-refractivity contribution in [3.63, 3.8) is 0 Å². The smallest absolute Gasteiger partial charge is 0.316 e. The lowest BCUT2D eigenvalue weighted by Crippen LogP contribution is -2.32. The number of amides is 2. The Balaban J connectivity index is 1.56. The van der Waals surface area contributed by atoms with E-state index in [4.69, 9.17) is 23.2 Å². The van der Waals surface area contributed by atoms with E-state index in [1.807, 2.05) is 48.5 Å². The highest BCUT2D eigenvalue weighted by atomic mass is 35.5. The second-order valence-electron chi connectivity index (χ2n) is 6.49.